The molecule has 0 aliphatic carbocycles. The standard InChI is InChI=1S/C10H10BrNO4/c1-3-16-10(13)9-6(2)8(12(14)15)5-4-7(9)11/h4-5H,3H2,1-2H3. The number of nitro benzene ring substituents is 1. The summed E-state index contributed by atoms with van der Waals surface area (Å²) in [5.41, 5.74) is 0.417. The van der Waals surface area contributed by atoms with Crippen molar-refractivity contribution in [1.29, 1.82) is 0 Å². The van der Waals surface area contributed by atoms with Crippen molar-refractivity contribution in [3.05, 3.63) is 37.8 Å². The number of rotatable bonds is 3. The fraction of sp³-hybridized carbons (Fsp3) is 0.300. The molecule has 0 heterocycles. The first-order valence-electron chi connectivity index (χ1n) is 4.59. The highest BCUT2D eigenvalue weighted by Gasteiger charge is 2.21. The van der Waals surface area contributed by atoms with E-state index in [0.29, 0.717) is 10.0 Å². The molecule has 1 aromatic rings. The summed E-state index contributed by atoms with van der Waals surface area (Å²) >= 11 is 3.18. The Kier molecular flexibility index (Phi) is 4.00. The number of ether oxygens (including phenoxy) is 1. The van der Waals surface area contributed by atoms with Crippen LogP contribution >= 0.6 is 15.9 Å². The fourth-order valence-electron chi connectivity index (χ4n) is 1.32. The normalized spacial score (nSPS) is 9.94. The molecule has 1 rings (SSSR count). The van der Waals surface area contributed by atoms with Crippen molar-refractivity contribution in [3.63, 3.8) is 0 Å². The van der Waals surface area contributed by atoms with Gasteiger partial charge in [-0.25, -0.2) is 4.79 Å². The molecule has 0 bridgehead atoms. The van der Waals surface area contributed by atoms with Crippen molar-refractivity contribution in [2.45, 2.75) is 13.8 Å². The molecular formula is C10H10BrNO4. The first-order valence-corrected chi connectivity index (χ1v) is 5.39. The number of nitrogens with zero attached hydrogens (tertiary/aromatic N) is 1. The Balaban J connectivity index is 3.31. The highest BCUT2D eigenvalue weighted by Crippen LogP contribution is 2.28. The molecule has 0 fully saturated rings. The van der Waals surface area contributed by atoms with Gasteiger partial charge in [-0.1, -0.05) is 0 Å². The fourth-order valence-corrected chi connectivity index (χ4v) is 1.91. The maximum Gasteiger partial charge on any atom is 0.339 e. The molecule has 0 spiro atoms. The summed E-state index contributed by atoms with van der Waals surface area (Å²) in [6.07, 6.45) is 0. The first-order chi connectivity index (χ1) is 7.49. The molecule has 5 nitrogen and oxygen atoms in total. The number of benzene rings is 1. The van der Waals surface area contributed by atoms with E-state index in [4.69, 9.17) is 4.74 Å². The van der Waals surface area contributed by atoms with Crippen molar-refractivity contribution in [3.8, 4) is 0 Å². The Morgan fingerprint density at radius 1 is 1.56 bits per heavy atom. The van der Waals surface area contributed by atoms with Crippen LogP contribution in [0.15, 0.2) is 16.6 Å². The summed E-state index contributed by atoms with van der Waals surface area (Å²) < 4.78 is 5.33. The number of carbonyl (C=O) groups is 1. The van der Waals surface area contributed by atoms with Crippen LogP contribution in [0.1, 0.15) is 22.8 Å². The summed E-state index contributed by atoms with van der Waals surface area (Å²) in [4.78, 5) is 21.8. The van der Waals surface area contributed by atoms with Crippen molar-refractivity contribution in [1.82, 2.24) is 0 Å². The zero-order chi connectivity index (χ0) is 12.3. The number of hydrogen-bond acceptors (Lipinski definition) is 4. The van der Waals surface area contributed by atoms with E-state index < -0.39 is 10.9 Å². The summed E-state index contributed by atoms with van der Waals surface area (Å²) in [5.74, 6) is -0.560. The Morgan fingerprint density at radius 3 is 2.69 bits per heavy atom. The number of nitro groups is 1. The minimum atomic E-state index is -0.560. The molecule has 0 saturated heterocycles. The zero-order valence-corrected chi connectivity index (χ0v) is 10.4. The van der Waals surface area contributed by atoms with Gasteiger partial charge < -0.3 is 4.74 Å². The third-order valence-electron chi connectivity index (χ3n) is 2.06. The Morgan fingerprint density at radius 2 is 2.19 bits per heavy atom. The monoisotopic (exact) mass is 287 g/mol. The molecule has 0 radical (unpaired) electrons. The topological polar surface area (TPSA) is 69.4 Å². The number of esters is 1. The van der Waals surface area contributed by atoms with Gasteiger partial charge >= 0.3 is 5.97 Å². The van der Waals surface area contributed by atoms with E-state index in [0.717, 1.165) is 0 Å². The Bertz CT molecular complexity index is 445. The molecule has 86 valence electrons. The van der Waals surface area contributed by atoms with Crippen molar-refractivity contribution in [2.75, 3.05) is 6.61 Å². The molecule has 16 heavy (non-hydrogen) atoms. The van der Waals surface area contributed by atoms with Gasteiger partial charge in [-0.15, -0.1) is 0 Å². The predicted octanol–water partition coefficient (Wildman–Crippen LogP) is 2.84. The van der Waals surface area contributed by atoms with Crippen LogP contribution < -0.4 is 0 Å². The van der Waals surface area contributed by atoms with E-state index in [1.54, 1.807) is 6.92 Å². The average Bonchev–Trinajstić information content (AvgIpc) is 2.17. The molecule has 0 N–H and O–H groups in total. The van der Waals surface area contributed by atoms with E-state index in [-0.39, 0.29) is 17.9 Å². The summed E-state index contributed by atoms with van der Waals surface area (Å²) in [6, 6.07) is 2.82. The molecule has 0 aliphatic rings. The van der Waals surface area contributed by atoms with E-state index in [1.807, 2.05) is 0 Å². The molecule has 0 aromatic heterocycles. The third kappa shape index (κ3) is 2.38. The lowest BCUT2D eigenvalue weighted by Crippen LogP contribution is -2.09. The first kappa shape index (κ1) is 12.6. The Hall–Kier alpha value is -1.43. The van der Waals surface area contributed by atoms with Crippen LogP contribution in [0.5, 0.6) is 0 Å². The van der Waals surface area contributed by atoms with E-state index in [1.165, 1.54) is 19.1 Å². The average molecular weight is 288 g/mol. The molecule has 0 aliphatic heterocycles. The molecule has 1 aromatic carbocycles. The van der Waals surface area contributed by atoms with Gasteiger partial charge in [0.05, 0.1) is 17.1 Å². The minimum absolute atomic E-state index is 0.0914. The second kappa shape index (κ2) is 5.07. The maximum atomic E-state index is 11.6. The minimum Gasteiger partial charge on any atom is -0.462 e. The summed E-state index contributed by atoms with van der Waals surface area (Å²) in [5, 5.41) is 10.7. The van der Waals surface area contributed by atoms with Crippen LogP contribution in [-0.2, 0) is 4.74 Å². The van der Waals surface area contributed by atoms with Gasteiger partial charge in [-0.05, 0) is 35.8 Å². The van der Waals surface area contributed by atoms with Crippen LogP contribution in [-0.4, -0.2) is 17.5 Å². The van der Waals surface area contributed by atoms with E-state index in [9.17, 15) is 14.9 Å². The molecule has 0 unspecified atom stereocenters. The summed E-state index contributed by atoms with van der Waals surface area (Å²) in [7, 11) is 0. The molecular weight excluding hydrogens is 278 g/mol. The van der Waals surface area contributed by atoms with Gasteiger partial charge in [0, 0.05) is 16.1 Å². The SMILES string of the molecule is CCOC(=O)c1c(Br)ccc([N+](=O)[O-])c1C. The molecule has 0 amide bonds. The molecule has 0 atom stereocenters. The highest BCUT2D eigenvalue weighted by molar-refractivity contribution is 9.10. The van der Waals surface area contributed by atoms with Crippen LogP contribution in [0, 0.1) is 17.0 Å². The lowest BCUT2D eigenvalue weighted by molar-refractivity contribution is -0.385. The second-order valence-corrected chi connectivity index (χ2v) is 3.90. The molecule has 0 saturated carbocycles. The van der Waals surface area contributed by atoms with Crippen molar-refractivity contribution in [2.24, 2.45) is 0 Å². The van der Waals surface area contributed by atoms with Gasteiger partial charge in [-0.2, -0.15) is 0 Å². The molecule has 6 heteroatoms. The van der Waals surface area contributed by atoms with Gasteiger partial charge in [0.25, 0.3) is 5.69 Å². The highest BCUT2D eigenvalue weighted by atomic mass is 79.9. The Labute approximate surface area is 101 Å². The number of halogens is 1. The number of hydrogen-bond donors (Lipinski definition) is 0. The quantitative estimate of drug-likeness (QED) is 0.487. The largest absolute Gasteiger partial charge is 0.462 e. The van der Waals surface area contributed by atoms with Gasteiger partial charge in [0.1, 0.15) is 0 Å². The van der Waals surface area contributed by atoms with Gasteiger partial charge in [0.2, 0.25) is 0 Å². The van der Waals surface area contributed by atoms with Crippen molar-refractivity contribution < 1.29 is 14.5 Å². The lowest BCUT2D eigenvalue weighted by Gasteiger charge is -2.07. The predicted molar refractivity (Wildman–Crippen MR) is 61.5 cm³/mol. The van der Waals surface area contributed by atoms with Gasteiger partial charge in [-0.3, -0.25) is 10.1 Å². The third-order valence-corrected chi connectivity index (χ3v) is 2.72. The smallest absolute Gasteiger partial charge is 0.339 e. The van der Waals surface area contributed by atoms with Gasteiger partial charge in [0.15, 0.2) is 0 Å². The van der Waals surface area contributed by atoms with Crippen molar-refractivity contribution >= 4 is 27.6 Å². The van der Waals surface area contributed by atoms with E-state index >= 15 is 0 Å². The van der Waals surface area contributed by atoms with E-state index in [2.05, 4.69) is 15.9 Å². The summed E-state index contributed by atoms with van der Waals surface area (Å²) in [6.45, 7) is 3.43. The lowest BCUT2D eigenvalue weighted by atomic mass is 10.1. The maximum absolute atomic E-state index is 11.6. The van der Waals surface area contributed by atoms with Crippen LogP contribution in [0.25, 0.3) is 0 Å². The van der Waals surface area contributed by atoms with Crippen LogP contribution in [0.2, 0.25) is 0 Å². The van der Waals surface area contributed by atoms with Crippen LogP contribution in [0.4, 0.5) is 5.69 Å². The second-order valence-electron chi connectivity index (χ2n) is 3.04. The van der Waals surface area contributed by atoms with Crippen LogP contribution in [0.3, 0.4) is 0 Å². The zero-order valence-electron chi connectivity index (χ0n) is 8.82. The number of carbonyl (C=O) groups excluding carboxylic acids is 1.